The van der Waals surface area contributed by atoms with Crippen molar-refractivity contribution < 1.29 is 48.0 Å². The van der Waals surface area contributed by atoms with E-state index < -0.39 is 0 Å². The fourth-order valence-corrected chi connectivity index (χ4v) is 5.05. The predicted molar refractivity (Wildman–Crippen MR) is 138 cm³/mol. The molecular weight excluding hydrogens is 650 g/mol. The van der Waals surface area contributed by atoms with Crippen molar-refractivity contribution in [2.75, 3.05) is 27.2 Å². The molecule has 4 rings (SSSR count). The molecule has 0 saturated carbocycles. The van der Waals surface area contributed by atoms with Crippen LogP contribution < -0.4 is 68.4 Å². The molecule has 0 fully saturated rings. The van der Waals surface area contributed by atoms with Gasteiger partial charge in [-0.05, 0) is 37.8 Å². The summed E-state index contributed by atoms with van der Waals surface area (Å²) in [4.78, 5) is 9.13. The molecule has 0 spiro atoms. The Morgan fingerprint density at radius 3 is 1.26 bits per heavy atom. The summed E-state index contributed by atoms with van der Waals surface area (Å²) >= 11 is 0. The number of aliphatic imine (C=N–C) groups is 2. The number of fused-ring (bicyclic) bond motifs is 2. The minimum atomic E-state index is 0. The summed E-state index contributed by atoms with van der Waals surface area (Å²) in [5.41, 5.74) is 17.0. The van der Waals surface area contributed by atoms with Crippen molar-refractivity contribution in [2.24, 2.45) is 21.5 Å². The summed E-state index contributed by atoms with van der Waals surface area (Å²) in [6.45, 7) is 2.04. The SMILES string of the molecule is C[N+]1(CCCCCCCCCC[N+]2(C)C(N)=Nc3ccccc32)C(N)=Nc2ccccc21.[I-].[I-]. The lowest BCUT2D eigenvalue weighted by atomic mass is 10.1. The van der Waals surface area contributed by atoms with Gasteiger partial charge >= 0.3 is 11.9 Å². The summed E-state index contributed by atoms with van der Waals surface area (Å²) in [7, 11) is 4.37. The molecule has 186 valence electrons. The maximum atomic E-state index is 6.27. The fourth-order valence-electron chi connectivity index (χ4n) is 5.05. The Balaban J connectivity index is 0.00000204. The molecule has 2 aromatic rings. The minimum absolute atomic E-state index is 0. The van der Waals surface area contributed by atoms with Crippen LogP contribution >= 0.6 is 0 Å². The van der Waals surface area contributed by atoms with E-state index >= 15 is 0 Å². The van der Waals surface area contributed by atoms with Gasteiger partial charge in [-0.3, -0.25) is 0 Å². The van der Waals surface area contributed by atoms with Crippen LogP contribution in [-0.2, 0) is 0 Å². The third kappa shape index (κ3) is 5.93. The van der Waals surface area contributed by atoms with Gasteiger partial charge in [-0.1, -0.05) is 49.9 Å². The van der Waals surface area contributed by atoms with Crippen molar-refractivity contribution in [3.63, 3.8) is 0 Å². The Kier molecular flexibility index (Phi) is 10.8. The van der Waals surface area contributed by atoms with E-state index in [2.05, 4.69) is 60.5 Å². The average Bonchev–Trinajstić information content (AvgIpc) is 3.20. The highest BCUT2D eigenvalue weighted by molar-refractivity contribution is 6.00. The quantitative estimate of drug-likeness (QED) is 0.187. The maximum Gasteiger partial charge on any atom is 0.305 e. The number of hydrogen-bond acceptors (Lipinski definition) is 4. The van der Waals surface area contributed by atoms with E-state index in [1.807, 2.05) is 12.1 Å². The van der Waals surface area contributed by atoms with Crippen LogP contribution in [0.1, 0.15) is 51.4 Å². The summed E-state index contributed by atoms with van der Waals surface area (Å²) in [6.07, 6.45) is 10.1. The summed E-state index contributed by atoms with van der Waals surface area (Å²) in [5, 5.41) is 0. The predicted octanol–water partition coefficient (Wildman–Crippen LogP) is -0.691. The Morgan fingerprint density at radius 1 is 0.559 bits per heavy atom. The van der Waals surface area contributed by atoms with Crippen molar-refractivity contribution in [3.05, 3.63) is 48.5 Å². The van der Waals surface area contributed by atoms with Crippen molar-refractivity contribution in [2.45, 2.75) is 51.4 Å². The van der Waals surface area contributed by atoms with Crippen molar-refractivity contribution in [3.8, 4) is 0 Å². The topological polar surface area (TPSA) is 76.8 Å². The number of quaternary nitrogens is 2. The zero-order valence-electron chi connectivity index (χ0n) is 20.4. The zero-order valence-corrected chi connectivity index (χ0v) is 24.7. The molecule has 2 unspecified atom stereocenters. The van der Waals surface area contributed by atoms with Gasteiger partial charge in [0.25, 0.3) is 0 Å². The van der Waals surface area contributed by atoms with Crippen LogP contribution in [0.5, 0.6) is 0 Å². The van der Waals surface area contributed by atoms with E-state index in [-0.39, 0.29) is 48.0 Å². The maximum absolute atomic E-state index is 6.27. The van der Waals surface area contributed by atoms with Crippen LogP contribution in [0, 0.1) is 0 Å². The lowest BCUT2D eigenvalue weighted by Gasteiger charge is -2.28. The number of benzene rings is 2. The second-order valence-electron chi connectivity index (χ2n) is 9.58. The van der Waals surface area contributed by atoms with Gasteiger partial charge in [-0.25, -0.2) is 8.97 Å². The third-order valence-electron chi connectivity index (χ3n) is 7.27. The highest BCUT2D eigenvalue weighted by atomic mass is 127. The molecule has 2 aromatic carbocycles. The van der Waals surface area contributed by atoms with E-state index in [1.54, 1.807) is 0 Å². The number of rotatable bonds is 11. The lowest BCUT2D eigenvalue weighted by molar-refractivity contribution is -0.00100. The number of nitrogens with two attached hydrogens (primary N) is 2. The number of para-hydroxylation sites is 4. The van der Waals surface area contributed by atoms with Gasteiger partial charge in [0.1, 0.15) is 11.4 Å². The van der Waals surface area contributed by atoms with Crippen molar-refractivity contribution in [1.82, 2.24) is 8.97 Å². The molecule has 0 aromatic heterocycles. The highest BCUT2D eigenvalue weighted by Gasteiger charge is 2.38. The van der Waals surface area contributed by atoms with E-state index in [9.17, 15) is 0 Å². The molecule has 0 aliphatic carbocycles. The van der Waals surface area contributed by atoms with Gasteiger partial charge in [0.15, 0.2) is 11.4 Å². The molecule has 4 N–H and O–H groups in total. The van der Waals surface area contributed by atoms with Crippen LogP contribution in [0.2, 0.25) is 0 Å². The molecule has 2 aliphatic rings. The molecule has 34 heavy (non-hydrogen) atoms. The first-order chi connectivity index (χ1) is 15.4. The average molecular weight is 688 g/mol. The van der Waals surface area contributed by atoms with E-state index in [1.165, 1.54) is 62.7 Å². The number of nitrogens with zero attached hydrogens (tertiary/aromatic N) is 4. The normalized spacial score (nSPS) is 22.2. The Bertz CT molecular complexity index is 942. The Hall–Kier alpha value is -1.24. The number of guanidine groups is 2. The van der Waals surface area contributed by atoms with Crippen molar-refractivity contribution >= 4 is 34.7 Å². The van der Waals surface area contributed by atoms with Crippen LogP contribution in [0.15, 0.2) is 58.5 Å². The molecule has 8 heteroatoms. The zero-order chi connectivity index (χ0) is 22.6. The van der Waals surface area contributed by atoms with Crippen molar-refractivity contribution in [1.29, 1.82) is 0 Å². The summed E-state index contributed by atoms with van der Waals surface area (Å²) in [5.74, 6) is 1.43. The van der Waals surface area contributed by atoms with Gasteiger partial charge in [0, 0.05) is 12.1 Å². The Labute approximate surface area is 238 Å². The van der Waals surface area contributed by atoms with E-state index in [0.717, 1.165) is 24.5 Å². The molecule has 0 radical (unpaired) electrons. The fraction of sp³-hybridized carbons (Fsp3) is 0.462. The number of hydrogen-bond donors (Lipinski definition) is 2. The van der Waals surface area contributed by atoms with Gasteiger partial charge < -0.3 is 59.4 Å². The molecule has 2 heterocycles. The van der Waals surface area contributed by atoms with Crippen LogP contribution in [0.3, 0.4) is 0 Å². The molecule has 0 saturated heterocycles. The largest absolute Gasteiger partial charge is 1.00 e. The standard InChI is InChI=1S/C26H38N6.2HI/c1-31(23-17-11-9-15-21(23)29-25(31)27)19-13-7-5-3-4-6-8-14-20-32(2)24-18-12-10-16-22(24)30-26(32)28;;/h9-12,15-18H,3-8,13-14,19-20H2,1-2H3,(H2,27,29)(H2,28,30);2*1H/q+2;;/p-2. The summed E-state index contributed by atoms with van der Waals surface area (Å²) < 4.78 is 1.31. The number of halogens is 2. The molecule has 2 aliphatic heterocycles. The van der Waals surface area contributed by atoms with E-state index in [4.69, 9.17) is 11.5 Å². The minimum Gasteiger partial charge on any atom is -1.00 e. The monoisotopic (exact) mass is 688 g/mol. The van der Waals surface area contributed by atoms with Crippen LogP contribution in [-0.4, -0.2) is 39.1 Å². The van der Waals surface area contributed by atoms with E-state index in [0.29, 0.717) is 20.9 Å². The summed E-state index contributed by atoms with van der Waals surface area (Å²) in [6, 6.07) is 16.6. The van der Waals surface area contributed by atoms with Crippen LogP contribution in [0.4, 0.5) is 22.7 Å². The highest BCUT2D eigenvalue weighted by Crippen LogP contribution is 2.39. The lowest BCUT2D eigenvalue weighted by Crippen LogP contribution is -3.00. The molecule has 2 atom stereocenters. The Morgan fingerprint density at radius 2 is 0.882 bits per heavy atom. The van der Waals surface area contributed by atoms with Gasteiger partial charge in [0.05, 0.1) is 27.2 Å². The molecule has 0 bridgehead atoms. The van der Waals surface area contributed by atoms with Gasteiger partial charge in [-0.2, -0.15) is 9.98 Å². The second-order valence-corrected chi connectivity index (χ2v) is 9.58. The van der Waals surface area contributed by atoms with Gasteiger partial charge in [0.2, 0.25) is 0 Å². The third-order valence-corrected chi connectivity index (χ3v) is 7.27. The van der Waals surface area contributed by atoms with Crippen LogP contribution in [0.25, 0.3) is 0 Å². The first-order valence-electron chi connectivity index (χ1n) is 12.0. The molecular formula is C26H38I2N6. The molecule has 6 nitrogen and oxygen atoms in total. The number of unbranched alkanes of at least 4 members (excludes halogenated alkanes) is 7. The first kappa shape index (κ1) is 29.0. The smallest absolute Gasteiger partial charge is 0.305 e. The van der Waals surface area contributed by atoms with Gasteiger partial charge in [-0.15, -0.1) is 0 Å². The second kappa shape index (κ2) is 12.6. The molecule has 0 amide bonds. The first-order valence-corrected chi connectivity index (χ1v) is 12.0.